The lowest BCUT2D eigenvalue weighted by Crippen LogP contribution is -2.28. The zero-order chi connectivity index (χ0) is 10.4. The first kappa shape index (κ1) is 10.4. The Morgan fingerprint density at radius 3 is 2.29 bits per heavy atom. The zero-order valence-corrected chi connectivity index (χ0v) is 9.89. The van der Waals surface area contributed by atoms with Gasteiger partial charge in [-0.05, 0) is 23.2 Å². The van der Waals surface area contributed by atoms with E-state index >= 15 is 0 Å². The first-order valence-electron chi connectivity index (χ1n) is 5.77. The Labute approximate surface area is 87.4 Å². The molecule has 0 aromatic carbocycles. The number of ether oxygens (including phenoxy) is 1. The SMILES string of the molecule is CC1(C)C(NCC2CCOC2)C1(C)C. The molecule has 0 spiro atoms. The van der Waals surface area contributed by atoms with Gasteiger partial charge in [0.2, 0.25) is 0 Å². The number of nitrogens with one attached hydrogen (secondary N) is 1. The monoisotopic (exact) mass is 197 g/mol. The number of rotatable bonds is 3. The Balaban J connectivity index is 1.77. The van der Waals surface area contributed by atoms with E-state index in [4.69, 9.17) is 4.74 Å². The molecule has 2 heteroatoms. The van der Waals surface area contributed by atoms with Crippen molar-refractivity contribution in [1.82, 2.24) is 5.32 Å². The van der Waals surface area contributed by atoms with Crippen LogP contribution in [0.1, 0.15) is 34.1 Å². The Hall–Kier alpha value is -0.0800. The van der Waals surface area contributed by atoms with Gasteiger partial charge in [-0.25, -0.2) is 0 Å². The maximum absolute atomic E-state index is 5.37. The van der Waals surface area contributed by atoms with Crippen LogP contribution in [0.5, 0.6) is 0 Å². The first-order valence-corrected chi connectivity index (χ1v) is 5.77. The highest BCUT2D eigenvalue weighted by atomic mass is 16.5. The zero-order valence-electron chi connectivity index (χ0n) is 9.89. The van der Waals surface area contributed by atoms with Crippen molar-refractivity contribution < 1.29 is 4.74 Å². The van der Waals surface area contributed by atoms with E-state index in [1.54, 1.807) is 0 Å². The predicted octanol–water partition coefficient (Wildman–Crippen LogP) is 2.05. The molecule has 1 atom stereocenters. The average Bonchev–Trinajstić information content (AvgIpc) is 2.54. The van der Waals surface area contributed by atoms with Crippen molar-refractivity contribution in [2.45, 2.75) is 40.2 Å². The minimum absolute atomic E-state index is 0.465. The maximum Gasteiger partial charge on any atom is 0.0507 e. The summed E-state index contributed by atoms with van der Waals surface area (Å²) in [6, 6.07) is 0.690. The van der Waals surface area contributed by atoms with Crippen LogP contribution >= 0.6 is 0 Å². The fourth-order valence-electron chi connectivity index (χ4n) is 2.74. The second-order valence-corrected chi connectivity index (χ2v) is 6.01. The van der Waals surface area contributed by atoms with Crippen LogP contribution < -0.4 is 5.32 Å². The van der Waals surface area contributed by atoms with Crippen molar-refractivity contribution >= 4 is 0 Å². The van der Waals surface area contributed by atoms with Crippen molar-refractivity contribution in [2.75, 3.05) is 19.8 Å². The van der Waals surface area contributed by atoms with Gasteiger partial charge in [0.15, 0.2) is 0 Å². The Bertz CT molecular complexity index is 202. The molecule has 82 valence electrons. The third-order valence-corrected chi connectivity index (χ3v) is 4.66. The molecule has 1 heterocycles. The van der Waals surface area contributed by atoms with E-state index in [2.05, 4.69) is 33.0 Å². The number of hydrogen-bond acceptors (Lipinski definition) is 2. The summed E-state index contributed by atoms with van der Waals surface area (Å²) in [4.78, 5) is 0. The van der Waals surface area contributed by atoms with E-state index in [0.29, 0.717) is 16.9 Å². The molecular weight excluding hydrogens is 174 g/mol. The minimum Gasteiger partial charge on any atom is -0.381 e. The van der Waals surface area contributed by atoms with Crippen LogP contribution in [0.4, 0.5) is 0 Å². The fourth-order valence-corrected chi connectivity index (χ4v) is 2.74. The molecule has 1 unspecified atom stereocenters. The van der Waals surface area contributed by atoms with E-state index in [1.807, 2.05) is 0 Å². The molecule has 0 bridgehead atoms. The second kappa shape index (κ2) is 3.21. The maximum atomic E-state index is 5.37. The van der Waals surface area contributed by atoms with Gasteiger partial charge in [0, 0.05) is 19.2 Å². The van der Waals surface area contributed by atoms with Gasteiger partial charge in [0.05, 0.1) is 6.61 Å². The highest BCUT2D eigenvalue weighted by Crippen LogP contribution is 2.62. The van der Waals surface area contributed by atoms with Crippen molar-refractivity contribution in [3.8, 4) is 0 Å². The average molecular weight is 197 g/mol. The summed E-state index contributed by atoms with van der Waals surface area (Å²) in [5, 5.41) is 3.70. The topological polar surface area (TPSA) is 21.3 Å². The Morgan fingerprint density at radius 1 is 1.21 bits per heavy atom. The van der Waals surface area contributed by atoms with E-state index in [-0.39, 0.29) is 0 Å². The standard InChI is InChI=1S/C12H23NO/c1-11(2)10(12(11,3)4)13-7-9-5-6-14-8-9/h9-10,13H,5-8H2,1-4H3. The van der Waals surface area contributed by atoms with Gasteiger partial charge in [-0.3, -0.25) is 0 Å². The van der Waals surface area contributed by atoms with Crippen LogP contribution in [0.25, 0.3) is 0 Å². The lowest BCUT2D eigenvalue weighted by molar-refractivity contribution is 0.185. The summed E-state index contributed by atoms with van der Waals surface area (Å²) in [7, 11) is 0. The minimum atomic E-state index is 0.465. The van der Waals surface area contributed by atoms with Gasteiger partial charge in [-0.1, -0.05) is 27.7 Å². The molecule has 1 aliphatic heterocycles. The van der Waals surface area contributed by atoms with Gasteiger partial charge >= 0.3 is 0 Å². The molecule has 14 heavy (non-hydrogen) atoms. The van der Waals surface area contributed by atoms with Crippen LogP contribution in [-0.2, 0) is 4.74 Å². The Kier molecular flexibility index (Phi) is 2.39. The summed E-state index contributed by atoms with van der Waals surface area (Å²) in [6.07, 6.45) is 1.24. The molecule has 1 saturated carbocycles. The molecule has 0 aromatic rings. The predicted molar refractivity (Wildman–Crippen MR) is 58.3 cm³/mol. The van der Waals surface area contributed by atoms with Gasteiger partial charge < -0.3 is 10.1 Å². The van der Waals surface area contributed by atoms with Crippen LogP contribution in [0.15, 0.2) is 0 Å². The number of hydrogen-bond donors (Lipinski definition) is 1. The van der Waals surface area contributed by atoms with E-state index in [9.17, 15) is 0 Å². The molecule has 2 fully saturated rings. The highest BCUT2D eigenvalue weighted by molar-refractivity contribution is 5.17. The van der Waals surface area contributed by atoms with Gasteiger partial charge in [0.1, 0.15) is 0 Å². The van der Waals surface area contributed by atoms with Crippen LogP contribution in [0.3, 0.4) is 0 Å². The molecule has 0 amide bonds. The lowest BCUT2D eigenvalue weighted by Gasteiger charge is -2.10. The fraction of sp³-hybridized carbons (Fsp3) is 1.00. The molecule has 2 aliphatic rings. The summed E-state index contributed by atoms with van der Waals surface area (Å²) in [5.41, 5.74) is 0.929. The van der Waals surface area contributed by atoms with E-state index in [1.165, 1.54) is 6.42 Å². The smallest absolute Gasteiger partial charge is 0.0507 e. The van der Waals surface area contributed by atoms with Gasteiger partial charge in [0.25, 0.3) is 0 Å². The van der Waals surface area contributed by atoms with Gasteiger partial charge in [-0.2, -0.15) is 0 Å². The van der Waals surface area contributed by atoms with Crippen molar-refractivity contribution in [2.24, 2.45) is 16.7 Å². The van der Waals surface area contributed by atoms with Crippen molar-refractivity contribution in [1.29, 1.82) is 0 Å². The third kappa shape index (κ3) is 1.49. The lowest BCUT2D eigenvalue weighted by atomic mass is 10.0. The highest BCUT2D eigenvalue weighted by Gasteiger charge is 2.64. The van der Waals surface area contributed by atoms with Gasteiger partial charge in [-0.15, -0.1) is 0 Å². The normalized spacial score (nSPS) is 34.7. The van der Waals surface area contributed by atoms with Crippen molar-refractivity contribution in [3.05, 3.63) is 0 Å². The Morgan fingerprint density at radius 2 is 1.86 bits per heavy atom. The van der Waals surface area contributed by atoms with E-state index in [0.717, 1.165) is 25.7 Å². The van der Waals surface area contributed by atoms with Crippen molar-refractivity contribution in [3.63, 3.8) is 0 Å². The first-order chi connectivity index (χ1) is 6.46. The molecule has 2 rings (SSSR count). The molecular formula is C12H23NO. The molecule has 2 nitrogen and oxygen atoms in total. The molecule has 0 radical (unpaired) electrons. The molecule has 1 aliphatic carbocycles. The largest absolute Gasteiger partial charge is 0.381 e. The molecule has 0 aromatic heterocycles. The summed E-state index contributed by atoms with van der Waals surface area (Å²) < 4.78 is 5.37. The summed E-state index contributed by atoms with van der Waals surface area (Å²) in [5.74, 6) is 0.752. The molecule has 1 N–H and O–H groups in total. The third-order valence-electron chi connectivity index (χ3n) is 4.66. The quantitative estimate of drug-likeness (QED) is 0.747. The molecule has 1 saturated heterocycles. The van der Waals surface area contributed by atoms with Crippen LogP contribution in [0, 0.1) is 16.7 Å². The second-order valence-electron chi connectivity index (χ2n) is 6.01. The van der Waals surface area contributed by atoms with E-state index < -0.39 is 0 Å². The summed E-state index contributed by atoms with van der Waals surface area (Å²) >= 11 is 0. The summed E-state index contributed by atoms with van der Waals surface area (Å²) in [6.45, 7) is 12.5. The van der Waals surface area contributed by atoms with Crippen LogP contribution in [0.2, 0.25) is 0 Å². The van der Waals surface area contributed by atoms with Crippen LogP contribution in [-0.4, -0.2) is 25.8 Å².